The average molecular weight is 470 g/mol. The summed E-state index contributed by atoms with van der Waals surface area (Å²) in [5.74, 6) is -0.114. The first-order valence-electron chi connectivity index (χ1n) is 11.5. The maximum absolute atomic E-state index is 13.3. The van der Waals surface area contributed by atoms with E-state index in [4.69, 9.17) is 0 Å². The number of hydrogen-bond acceptors (Lipinski definition) is 5. The Labute approximate surface area is 209 Å². The molecule has 0 aliphatic rings. The van der Waals surface area contributed by atoms with Crippen molar-refractivity contribution in [1.29, 1.82) is 5.26 Å². The van der Waals surface area contributed by atoms with E-state index in [1.54, 1.807) is 24.2 Å². The zero-order chi connectivity index (χ0) is 24.9. The summed E-state index contributed by atoms with van der Waals surface area (Å²) in [4.78, 5) is 19.3. The Bertz CT molecular complexity index is 1590. The van der Waals surface area contributed by atoms with Gasteiger partial charge < -0.3 is 15.5 Å². The number of anilines is 5. The molecular weight excluding hydrogens is 446 g/mol. The smallest absolute Gasteiger partial charge is 0.258 e. The van der Waals surface area contributed by atoms with Gasteiger partial charge in [0.15, 0.2) is 0 Å². The van der Waals surface area contributed by atoms with Crippen LogP contribution in [0.3, 0.4) is 0 Å². The number of carbonyl (C=O) groups excluding carboxylic acids is 1. The molecule has 0 radical (unpaired) electrons. The summed E-state index contributed by atoms with van der Waals surface area (Å²) in [6, 6.07) is 34.4. The summed E-state index contributed by atoms with van der Waals surface area (Å²) >= 11 is 0. The molecule has 1 amide bonds. The molecular formula is C30H23N5O. The molecule has 6 heteroatoms. The van der Waals surface area contributed by atoms with E-state index in [1.165, 1.54) is 0 Å². The number of nitrogens with zero attached hydrogens (tertiary/aromatic N) is 3. The highest BCUT2D eigenvalue weighted by Crippen LogP contribution is 2.28. The lowest BCUT2D eigenvalue weighted by Crippen LogP contribution is -2.26. The third kappa shape index (κ3) is 4.86. The number of aromatic nitrogens is 1. The minimum absolute atomic E-state index is 0.114. The highest BCUT2D eigenvalue weighted by Gasteiger charge is 2.15. The third-order valence-corrected chi connectivity index (χ3v) is 5.86. The summed E-state index contributed by atoms with van der Waals surface area (Å²) < 4.78 is 0. The lowest BCUT2D eigenvalue weighted by atomic mass is 10.1. The zero-order valence-corrected chi connectivity index (χ0v) is 19.6. The minimum atomic E-state index is -0.114. The summed E-state index contributed by atoms with van der Waals surface area (Å²) in [5, 5.41) is 16.9. The van der Waals surface area contributed by atoms with Gasteiger partial charge in [-0.2, -0.15) is 5.26 Å². The third-order valence-electron chi connectivity index (χ3n) is 5.86. The monoisotopic (exact) mass is 469 g/mol. The fraction of sp³-hybridized carbons (Fsp3) is 0.0333. The largest absolute Gasteiger partial charge is 0.356 e. The van der Waals surface area contributed by atoms with Crippen LogP contribution in [0.1, 0.15) is 15.9 Å². The molecule has 0 saturated heterocycles. The predicted octanol–water partition coefficient (Wildman–Crippen LogP) is 6.87. The molecule has 174 valence electrons. The number of carbonyl (C=O) groups is 1. The summed E-state index contributed by atoms with van der Waals surface area (Å²) in [6.45, 7) is 0. The fourth-order valence-corrected chi connectivity index (χ4v) is 4.00. The van der Waals surface area contributed by atoms with E-state index in [0.29, 0.717) is 11.1 Å². The molecule has 0 bridgehead atoms. The van der Waals surface area contributed by atoms with Crippen LogP contribution in [0.5, 0.6) is 0 Å². The second-order valence-electron chi connectivity index (χ2n) is 8.31. The van der Waals surface area contributed by atoms with Gasteiger partial charge in [-0.25, -0.2) is 0 Å². The van der Waals surface area contributed by atoms with Crippen molar-refractivity contribution in [3.63, 3.8) is 0 Å². The Kier molecular flexibility index (Phi) is 6.29. The van der Waals surface area contributed by atoms with Gasteiger partial charge in [0.05, 0.1) is 17.1 Å². The van der Waals surface area contributed by atoms with Crippen molar-refractivity contribution in [2.45, 2.75) is 0 Å². The van der Waals surface area contributed by atoms with E-state index in [9.17, 15) is 10.1 Å². The maximum atomic E-state index is 13.3. The molecule has 0 fully saturated rings. The van der Waals surface area contributed by atoms with Gasteiger partial charge in [-0.1, -0.05) is 30.3 Å². The molecule has 0 atom stereocenters. The Hall–Kier alpha value is -5.15. The number of nitrogens with one attached hydrogen (secondary N) is 2. The van der Waals surface area contributed by atoms with Gasteiger partial charge in [0.1, 0.15) is 0 Å². The molecule has 0 spiro atoms. The number of pyridine rings is 1. The Morgan fingerprint density at radius 1 is 0.806 bits per heavy atom. The van der Waals surface area contributed by atoms with Gasteiger partial charge in [0.2, 0.25) is 0 Å². The first-order valence-corrected chi connectivity index (χ1v) is 11.5. The first-order chi connectivity index (χ1) is 17.6. The fourth-order valence-electron chi connectivity index (χ4n) is 4.00. The Morgan fingerprint density at radius 2 is 1.56 bits per heavy atom. The van der Waals surface area contributed by atoms with Crippen LogP contribution in [-0.4, -0.2) is 17.9 Å². The van der Waals surface area contributed by atoms with Crippen molar-refractivity contribution < 1.29 is 4.79 Å². The van der Waals surface area contributed by atoms with Gasteiger partial charge in [0.25, 0.3) is 5.91 Å². The van der Waals surface area contributed by atoms with Crippen LogP contribution >= 0.6 is 0 Å². The average Bonchev–Trinajstić information content (AvgIpc) is 2.93. The van der Waals surface area contributed by atoms with E-state index in [0.717, 1.165) is 39.3 Å². The summed E-state index contributed by atoms with van der Waals surface area (Å²) in [7, 11) is 1.76. The Morgan fingerprint density at radius 3 is 2.36 bits per heavy atom. The van der Waals surface area contributed by atoms with Gasteiger partial charge in [0, 0.05) is 52.6 Å². The van der Waals surface area contributed by atoms with Crippen molar-refractivity contribution in [2.24, 2.45) is 0 Å². The number of rotatable bonds is 6. The number of benzene rings is 4. The summed E-state index contributed by atoms with van der Waals surface area (Å²) in [5.41, 5.74) is 6.16. The van der Waals surface area contributed by atoms with Crippen LogP contribution < -0.4 is 15.5 Å². The molecule has 1 aromatic heterocycles. The second-order valence-corrected chi connectivity index (χ2v) is 8.31. The van der Waals surface area contributed by atoms with Crippen molar-refractivity contribution in [3.8, 4) is 6.07 Å². The topological polar surface area (TPSA) is 81.1 Å². The molecule has 0 aliphatic heterocycles. The van der Waals surface area contributed by atoms with Gasteiger partial charge in [-0.3, -0.25) is 9.78 Å². The van der Waals surface area contributed by atoms with Crippen LogP contribution in [-0.2, 0) is 0 Å². The number of hydrogen-bond donors (Lipinski definition) is 2. The molecule has 5 rings (SSSR count). The lowest BCUT2D eigenvalue weighted by Gasteiger charge is -2.19. The van der Waals surface area contributed by atoms with Crippen molar-refractivity contribution in [2.75, 3.05) is 22.6 Å². The quantitative estimate of drug-likeness (QED) is 0.284. The van der Waals surface area contributed by atoms with Crippen molar-refractivity contribution in [3.05, 3.63) is 120 Å². The highest BCUT2D eigenvalue weighted by atomic mass is 16.2. The van der Waals surface area contributed by atoms with E-state index in [-0.39, 0.29) is 5.91 Å². The van der Waals surface area contributed by atoms with E-state index < -0.39 is 0 Å². The van der Waals surface area contributed by atoms with E-state index in [1.807, 2.05) is 97.1 Å². The van der Waals surface area contributed by atoms with E-state index in [2.05, 4.69) is 21.7 Å². The SMILES string of the molecule is CN(C(=O)c1cccc(Nc2ccccc2)c1)c1cccc(Nc2ccnc3ccc(C#N)cc23)c1. The number of fused-ring (bicyclic) bond motifs is 1. The molecule has 36 heavy (non-hydrogen) atoms. The van der Waals surface area contributed by atoms with Gasteiger partial charge in [-0.15, -0.1) is 0 Å². The standard InChI is InChI=1S/C30H23N5O/c1-35(30(36)22-7-5-10-24(18-22)33-23-8-3-2-4-9-23)26-12-6-11-25(19-26)34-29-15-16-32-28-14-13-21(20-31)17-27(28)29/h2-19,33H,1H3,(H,32,34). The van der Waals surface area contributed by atoms with Crippen LogP contribution in [0, 0.1) is 11.3 Å². The van der Waals surface area contributed by atoms with Gasteiger partial charge >= 0.3 is 0 Å². The molecule has 4 aromatic carbocycles. The van der Waals surface area contributed by atoms with Crippen LogP contribution in [0.2, 0.25) is 0 Å². The van der Waals surface area contributed by atoms with Crippen LogP contribution in [0.4, 0.5) is 28.4 Å². The molecule has 2 N–H and O–H groups in total. The zero-order valence-electron chi connectivity index (χ0n) is 19.6. The normalized spacial score (nSPS) is 10.4. The van der Waals surface area contributed by atoms with Gasteiger partial charge in [-0.05, 0) is 72.8 Å². The number of para-hydroxylation sites is 1. The molecule has 0 aliphatic carbocycles. The Balaban J connectivity index is 1.37. The molecule has 6 nitrogen and oxygen atoms in total. The number of nitriles is 1. The van der Waals surface area contributed by atoms with Crippen LogP contribution in [0.15, 0.2) is 109 Å². The first kappa shape index (κ1) is 22.6. The molecule has 1 heterocycles. The predicted molar refractivity (Wildman–Crippen MR) is 145 cm³/mol. The lowest BCUT2D eigenvalue weighted by molar-refractivity contribution is 0.0993. The minimum Gasteiger partial charge on any atom is -0.356 e. The van der Waals surface area contributed by atoms with Crippen LogP contribution in [0.25, 0.3) is 10.9 Å². The molecule has 5 aromatic rings. The number of amides is 1. The summed E-state index contributed by atoms with van der Waals surface area (Å²) in [6.07, 6.45) is 1.73. The molecule has 0 unspecified atom stereocenters. The highest BCUT2D eigenvalue weighted by molar-refractivity contribution is 6.06. The maximum Gasteiger partial charge on any atom is 0.258 e. The second kappa shape index (κ2) is 10.00. The van der Waals surface area contributed by atoms with Crippen molar-refractivity contribution in [1.82, 2.24) is 4.98 Å². The molecule has 0 saturated carbocycles. The van der Waals surface area contributed by atoms with E-state index >= 15 is 0 Å². The van der Waals surface area contributed by atoms with Crippen molar-refractivity contribution >= 4 is 45.2 Å².